The number of esters is 3. The van der Waals surface area contributed by atoms with E-state index in [2.05, 4.69) is 106 Å². The Balaban J connectivity index is 4.45. The van der Waals surface area contributed by atoms with Crippen LogP contribution in [0.3, 0.4) is 0 Å². The molecule has 0 amide bonds. The molecule has 0 spiro atoms. The van der Waals surface area contributed by atoms with Gasteiger partial charge in [-0.2, -0.15) is 0 Å². The van der Waals surface area contributed by atoms with Gasteiger partial charge in [-0.3, -0.25) is 14.4 Å². The number of ether oxygens (including phenoxy) is 3. The molecule has 0 bridgehead atoms. The Labute approximate surface area is 424 Å². The first-order chi connectivity index (χ1) is 34.0. The average molecular weight is 956 g/mol. The summed E-state index contributed by atoms with van der Waals surface area (Å²) in [6.07, 6.45) is 77.6. The second kappa shape index (κ2) is 56.4. The largest absolute Gasteiger partial charge is 0.462 e. The van der Waals surface area contributed by atoms with Gasteiger partial charge in [0, 0.05) is 19.3 Å². The molecule has 0 rings (SSSR count). The van der Waals surface area contributed by atoms with Crippen molar-refractivity contribution in [3.8, 4) is 0 Å². The van der Waals surface area contributed by atoms with Crippen molar-refractivity contribution in [2.24, 2.45) is 0 Å². The topological polar surface area (TPSA) is 78.9 Å². The Bertz CT molecular complexity index is 1470. The van der Waals surface area contributed by atoms with Crippen molar-refractivity contribution in [3.05, 3.63) is 122 Å². The van der Waals surface area contributed by atoms with Gasteiger partial charge < -0.3 is 14.2 Å². The molecule has 0 aromatic rings. The molecule has 6 nitrogen and oxygen atoms in total. The molecule has 0 fully saturated rings. The molecule has 1 unspecified atom stereocenters. The highest BCUT2D eigenvalue weighted by molar-refractivity contribution is 5.71. The summed E-state index contributed by atoms with van der Waals surface area (Å²) in [6.45, 7) is 6.30. The van der Waals surface area contributed by atoms with E-state index in [1.165, 1.54) is 89.9 Å². The molecular weight excluding hydrogens is 853 g/mol. The lowest BCUT2D eigenvalue weighted by Crippen LogP contribution is -2.30. The number of carbonyl (C=O) groups is 3. The molecule has 0 aromatic carbocycles. The minimum Gasteiger partial charge on any atom is -0.462 e. The van der Waals surface area contributed by atoms with Crippen molar-refractivity contribution in [1.82, 2.24) is 0 Å². The molecule has 0 saturated carbocycles. The van der Waals surface area contributed by atoms with Crippen LogP contribution in [0.15, 0.2) is 122 Å². The lowest BCUT2D eigenvalue weighted by atomic mass is 10.1. The van der Waals surface area contributed by atoms with Crippen molar-refractivity contribution >= 4 is 17.9 Å². The lowest BCUT2D eigenvalue weighted by molar-refractivity contribution is -0.167. The summed E-state index contributed by atoms with van der Waals surface area (Å²) in [5.74, 6) is -0.962. The Hall–Kier alpha value is -4.19. The Kier molecular flexibility index (Phi) is 53.0. The standard InChI is InChI=1S/C63H102O6/c1-4-7-10-13-16-19-22-25-27-29-31-33-35-38-41-44-47-50-53-56-62(65)68-59-60(58-67-61(64)55-52-49-46-43-40-37-24-21-18-15-12-9-6-3)69-63(66)57-54-51-48-45-42-39-36-34-32-30-28-26-23-20-17-14-11-8-5-2/h7,9-10,12,15-21,23-27,31,33,37,40,60H,4-6,8,11,13-14,22,28-30,32,34-36,38-39,41-59H2,1-3H3/b10-7+,12-9+,18-15+,19-16+,20-17+,24-21+,26-23+,27-25+,33-31+,40-37+. The van der Waals surface area contributed by atoms with E-state index in [0.29, 0.717) is 19.3 Å². The van der Waals surface area contributed by atoms with Gasteiger partial charge in [0.05, 0.1) is 0 Å². The predicted molar refractivity (Wildman–Crippen MR) is 297 cm³/mol. The maximum absolute atomic E-state index is 12.9. The van der Waals surface area contributed by atoms with E-state index in [1.54, 1.807) is 0 Å². The number of carbonyl (C=O) groups excluding carboxylic acids is 3. The zero-order valence-corrected chi connectivity index (χ0v) is 44.5. The minimum absolute atomic E-state index is 0.103. The number of allylic oxidation sites excluding steroid dienone is 20. The molecule has 0 aromatic heterocycles. The smallest absolute Gasteiger partial charge is 0.306 e. The first kappa shape index (κ1) is 64.8. The molecule has 1 atom stereocenters. The van der Waals surface area contributed by atoms with Gasteiger partial charge in [0.15, 0.2) is 6.10 Å². The van der Waals surface area contributed by atoms with E-state index in [-0.39, 0.29) is 31.1 Å². The van der Waals surface area contributed by atoms with Gasteiger partial charge in [0.25, 0.3) is 0 Å². The van der Waals surface area contributed by atoms with Crippen LogP contribution in [0.5, 0.6) is 0 Å². The van der Waals surface area contributed by atoms with Gasteiger partial charge in [0.2, 0.25) is 0 Å². The van der Waals surface area contributed by atoms with Gasteiger partial charge >= 0.3 is 17.9 Å². The summed E-state index contributed by atoms with van der Waals surface area (Å²) in [5.41, 5.74) is 0. The van der Waals surface area contributed by atoms with Crippen LogP contribution in [-0.2, 0) is 28.6 Å². The van der Waals surface area contributed by atoms with Gasteiger partial charge in [-0.05, 0) is 103 Å². The Morgan fingerprint density at radius 2 is 0.638 bits per heavy atom. The molecule has 0 N–H and O–H groups in total. The summed E-state index contributed by atoms with van der Waals surface area (Å²) in [5, 5.41) is 0. The van der Waals surface area contributed by atoms with E-state index < -0.39 is 6.10 Å². The molecule has 0 aliphatic rings. The molecule has 0 aliphatic heterocycles. The quantitative estimate of drug-likeness (QED) is 0.0199. The maximum atomic E-state index is 12.9. The van der Waals surface area contributed by atoms with Crippen LogP contribution in [-0.4, -0.2) is 37.2 Å². The first-order valence-corrected chi connectivity index (χ1v) is 28.1. The number of unbranched alkanes of at least 4 members (excludes halogenated alkanes) is 22. The van der Waals surface area contributed by atoms with Gasteiger partial charge in [-0.25, -0.2) is 0 Å². The predicted octanol–water partition coefficient (Wildman–Crippen LogP) is 18.9. The van der Waals surface area contributed by atoms with Crippen LogP contribution < -0.4 is 0 Å². The molecule has 69 heavy (non-hydrogen) atoms. The highest BCUT2D eigenvalue weighted by Crippen LogP contribution is 2.14. The first-order valence-electron chi connectivity index (χ1n) is 28.1. The molecule has 6 heteroatoms. The second-order valence-electron chi connectivity index (χ2n) is 18.2. The highest BCUT2D eigenvalue weighted by Gasteiger charge is 2.19. The van der Waals surface area contributed by atoms with E-state index in [4.69, 9.17) is 14.2 Å². The van der Waals surface area contributed by atoms with Crippen molar-refractivity contribution < 1.29 is 28.6 Å². The Morgan fingerprint density at radius 3 is 1.09 bits per heavy atom. The van der Waals surface area contributed by atoms with Crippen LogP contribution in [0.4, 0.5) is 0 Å². The normalized spacial score (nSPS) is 13.0. The summed E-state index contributed by atoms with van der Waals surface area (Å²) < 4.78 is 16.8. The zero-order valence-electron chi connectivity index (χ0n) is 44.5. The zero-order chi connectivity index (χ0) is 50.0. The number of hydrogen-bond donors (Lipinski definition) is 0. The van der Waals surface area contributed by atoms with Gasteiger partial charge in [0.1, 0.15) is 13.2 Å². The monoisotopic (exact) mass is 955 g/mol. The lowest BCUT2D eigenvalue weighted by Gasteiger charge is -2.18. The second-order valence-corrected chi connectivity index (χ2v) is 18.2. The molecule has 0 radical (unpaired) electrons. The fourth-order valence-corrected chi connectivity index (χ4v) is 7.38. The summed E-state index contributed by atoms with van der Waals surface area (Å²) in [4.78, 5) is 38.1. The van der Waals surface area contributed by atoms with Crippen LogP contribution in [0, 0.1) is 0 Å². The van der Waals surface area contributed by atoms with E-state index in [9.17, 15) is 14.4 Å². The minimum atomic E-state index is -0.806. The fourth-order valence-electron chi connectivity index (χ4n) is 7.38. The third-order valence-corrected chi connectivity index (χ3v) is 11.6. The third kappa shape index (κ3) is 54.6. The summed E-state index contributed by atoms with van der Waals surface area (Å²) >= 11 is 0. The van der Waals surface area contributed by atoms with E-state index in [1.807, 2.05) is 36.5 Å². The summed E-state index contributed by atoms with van der Waals surface area (Å²) in [7, 11) is 0. The van der Waals surface area contributed by atoms with Crippen LogP contribution in [0.25, 0.3) is 0 Å². The number of hydrogen-bond acceptors (Lipinski definition) is 6. The van der Waals surface area contributed by atoms with Crippen molar-refractivity contribution in [3.63, 3.8) is 0 Å². The molecule has 0 aliphatic carbocycles. The maximum Gasteiger partial charge on any atom is 0.306 e. The fraction of sp³-hybridized carbons (Fsp3) is 0.635. The van der Waals surface area contributed by atoms with Crippen molar-refractivity contribution in [2.45, 2.75) is 245 Å². The molecular formula is C63H102O6. The van der Waals surface area contributed by atoms with E-state index in [0.717, 1.165) is 109 Å². The van der Waals surface area contributed by atoms with Gasteiger partial charge in [-0.1, -0.05) is 239 Å². The molecule has 0 heterocycles. The van der Waals surface area contributed by atoms with Crippen molar-refractivity contribution in [1.29, 1.82) is 0 Å². The van der Waals surface area contributed by atoms with Crippen LogP contribution in [0.1, 0.15) is 239 Å². The Morgan fingerprint density at radius 1 is 0.319 bits per heavy atom. The van der Waals surface area contributed by atoms with Gasteiger partial charge in [-0.15, -0.1) is 0 Å². The molecule has 390 valence electrons. The molecule has 0 saturated heterocycles. The number of rotatable bonds is 49. The van der Waals surface area contributed by atoms with Crippen LogP contribution >= 0.6 is 0 Å². The highest BCUT2D eigenvalue weighted by atomic mass is 16.6. The summed E-state index contributed by atoms with van der Waals surface area (Å²) in [6, 6.07) is 0. The third-order valence-electron chi connectivity index (χ3n) is 11.6. The van der Waals surface area contributed by atoms with Crippen LogP contribution in [0.2, 0.25) is 0 Å². The SMILES string of the molecule is CC/C=C/C=C/C=C/C=C/CCCCCC(=O)OCC(COC(=O)CCCCCCCC/C=C/C/C=C/C/C=C/C/C=C/CC)OC(=O)CCCCCCCCCCCC/C=C/C=C/CCCCC. The van der Waals surface area contributed by atoms with Crippen molar-refractivity contribution in [2.75, 3.05) is 13.2 Å². The average Bonchev–Trinajstić information content (AvgIpc) is 3.35. The van der Waals surface area contributed by atoms with E-state index >= 15 is 0 Å².